The van der Waals surface area contributed by atoms with E-state index in [2.05, 4.69) is 0 Å². The Morgan fingerprint density at radius 2 is 1.64 bits per heavy atom. The summed E-state index contributed by atoms with van der Waals surface area (Å²) in [7, 11) is 3.96. The zero-order valence-corrected chi connectivity index (χ0v) is 9.36. The fourth-order valence-electron chi connectivity index (χ4n) is 1.29. The zero-order chi connectivity index (χ0) is 10.8. The van der Waals surface area contributed by atoms with Gasteiger partial charge in [-0.2, -0.15) is 0 Å². The van der Waals surface area contributed by atoms with Gasteiger partial charge in [-0.1, -0.05) is 30.3 Å². The van der Waals surface area contributed by atoms with Crippen LogP contribution in [0.15, 0.2) is 30.3 Å². The largest absolute Gasteiger partial charge is 0.386 e. The van der Waals surface area contributed by atoms with Gasteiger partial charge in [0.25, 0.3) is 0 Å². The Morgan fingerprint density at radius 3 is 2.07 bits per heavy atom. The molecule has 0 fully saturated rings. The van der Waals surface area contributed by atoms with Crippen LogP contribution in [-0.4, -0.2) is 29.6 Å². The molecule has 0 spiro atoms. The summed E-state index contributed by atoms with van der Waals surface area (Å²) in [5.74, 6) is 0. The normalized spacial score (nSPS) is 14.4. The first-order valence-electron chi connectivity index (χ1n) is 4.86. The van der Waals surface area contributed by atoms with Crippen molar-refractivity contribution in [3.8, 4) is 0 Å². The number of hydrogen-bond acceptors (Lipinski definition) is 2. The molecule has 78 valence electrons. The van der Waals surface area contributed by atoms with Crippen LogP contribution in [0.3, 0.4) is 0 Å². The molecule has 1 unspecified atom stereocenters. The van der Waals surface area contributed by atoms with Gasteiger partial charge in [0, 0.05) is 5.54 Å². The highest BCUT2D eigenvalue weighted by Gasteiger charge is 2.30. The van der Waals surface area contributed by atoms with Crippen molar-refractivity contribution in [3.63, 3.8) is 0 Å². The third kappa shape index (κ3) is 2.14. The van der Waals surface area contributed by atoms with Gasteiger partial charge in [-0.15, -0.1) is 0 Å². The van der Waals surface area contributed by atoms with E-state index in [-0.39, 0.29) is 5.54 Å². The highest BCUT2D eigenvalue weighted by molar-refractivity contribution is 5.20. The van der Waals surface area contributed by atoms with Crippen molar-refractivity contribution in [1.82, 2.24) is 4.90 Å². The van der Waals surface area contributed by atoms with Crippen molar-refractivity contribution in [2.75, 3.05) is 14.1 Å². The number of likely N-dealkylation sites (N-methyl/N-ethyl adjacent to an activating group) is 1. The summed E-state index contributed by atoms with van der Waals surface area (Å²) >= 11 is 0. The molecule has 14 heavy (non-hydrogen) atoms. The molecule has 0 saturated carbocycles. The maximum Gasteiger partial charge on any atom is 0.0967 e. The lowest BCUT2D eigenvalue weighted by Crippen LogP contribution is -2.43. The van der Waals surface area contributed by atoms with Crippen LogP contribution in [0.1, 0.15) is 25.5 Å². The lowest BCUT2D eigenvalue weighted by atomic mass is 9.90. The van der Waals surface area contributed by atoms with E-state index in [4.69, 9.17) is 0 Å². The van der Waals surface area contributed by atoms with Gasteiger partial charge >= 0.3 is 0 Å². The fourth-order valence-corrected chi connectivity index (χ4v) is 1.29. The Bertz CT molecular complexity index is 280. The van der Waals surface area contributed by atoms with E-state index in [1.807, 2.05) is 63.2 Å². The van der Waals surface area contributed by atoms with E-state index in [1.165, 1.54) is 0 Å². The molecule has 1 aromatic rings. The minimum Gasteiger partial charge on any atom is -0.386 e. The molecule has 0 heterocycles. The predicted molar refractivity (Wildman–Crippen MR) is 59.2 cm³/mol. The molecule has 0 saturated heterocycles. The number of nitrogens with zero attached hydrogens (tertiary/aromatic N) is 1. The second-order valence-electron chi connectivity index (χ2n) is 4.36. The maximum atomic E-state index is 10.2. The second kappa shape index (κ2) is 4.11. The highest BCUT2D eigenvalue weighted by Crippen LogP contribution is 2.28. The number of aliphatic hydroxyl groups is 1. The standard InChI is InChI=1S/C12H19NO/c1-12(2,13(3)4)11(14)10-8-6-5-7-9-10/h5-9,11,14H,1-4H3. The summed E-state index contributed by atoms with van der Waals surface area (Å²) in [4.78, 5) is 2.03. The van der Waals surface area contributed by atoms with Crippen molar-refractivity contribution in [2.45, 2.75) is 25.5 Å². The van der Waals surface area contributed by atoms with E-state index in [0.29, 0.717) is 0 Å². The van der Waals surface area contributed by atoms with Gasteiger partial charge < -0.3 is 10.0 Å². The summed E-state index contributed by atoms with van der Waals surface area (Å²) in [6, 6.07) is 9.76. The van der Waals surface area contributed by atoms with E-state index < -0.39 is 6.10 Å². The topological polar surface area (TPSA) is 23.5 Å². The van der Waals surface area contributed by atoms with Gasteiger partial charge in [0.1, 0.15) is 0 Å². The van der Waals surface area contributed by atoms with Crippen LogP contribution < -0.4 is 0 Å². The Morgan fingerprint density at radius 1 is 1.14 bits per heavy atom. The van der Waals surface area contributed by atoms with Gasteiger partial charge in [0.05, 0.1) is 6.10 Å². The molecule has 1 rings (SSSR count). The van der Waals surface area contributed by atoms with Crippen LogP contribution in [0.25, 0.3) is 0 Å². The average molecular weight is 193 g/mol. The van der Waals surface area contributed by atoms with Crippen LogP contribution in [-0.2, 0) is 0 Å². The number of aliphatic hydroxyl groups excluding tert-OH is 1. The minimum absolute atomic E-state index is 0.249. The van der Waals surface area contributed by atoms with Gasteiger partial charge in [-0.05, 0) is 33.5 Å². The van der Waals surface area contributed by atoms with Crippen molar-refractivity contribution in [1.29, 1.82) is 0 Å². The molecule has 0 aromatic heterocycles. The van der Waals surface area contributed by atoms with Gasteiger partial charge in [0.15, 0.2) is 0 Å². The van der Waals surface area contributed by atoms with Crippen LogP contribution >= 0.6 is 0 Å². The third-order valence-corrected chi connectivity index (χ3v) is 2.94. The van der Waals surface area contributed by atoms with Crippen molar-refractivity contribution in [2.24, 2.45) is 0 Å². The zero-order valence-electron chi connectivity index (χ0n) is 9.36. The van der Waals surface area contributed by atoms with Crippen molar-refractivity contribution >= 4 is 0 Å². The summed E-state index contributed by atoms with van der Waals surface area (Å²) in [5, 5.41) is 10.2. The maximum absolute atomic E-state index is 10.2. The molecular weight excluding hydrogens is 174 g/mol. The van der Waals surface area contributed by atoms with Crippen molar-refractivity contribution in [3.05, 3.63) is 35.9 Å². The van der Waals surface area contributed by atoms with Gasteiger partial charge in [0.2, 0.25) is 0 Å². The van der Waals surface area contributed by atoms with Crippen LogP contribution in [0.2, 0.25) is 0 Å². The molecule has 0 amide bonds. The smallest absolute Gasteiger partial charge is 0.0967 e. The Balaban J connectivity index is 2.90. The minimum atomic E-state index is -0.460. The van der Waals surface area contributed by atoms with Gasteiger partial charge in [-0.25, -0.2) is 0 Å². The molecular formula is C12H19NO. The first-order valence-corrected chi connectivity index (χ1v) is 4.86. The van der Waals surface area contributed by atoms with Crippen LogP contribution in [0, 0.1) is 0 Å². The van der Waals surface area contributed by atoms with Gasteiger partial charge in [-0.3, -0.25) is 0 Å². The molecule has 0 aliphatic carbocycles. The summed E-state index contributed by atoms with van der Waals surface area (Å²) < 4.78 is 0. The molecule has 0 aliphatic rings. The van der Waals surface area contributed by atoms with E-state index in [0.717, 1.165) is 5.56 Å². The summed E-state index contributed by atoms with van der Waals surface area (Å²) in [6.45, 7) is 4.06. The Kier molecular flexibility index (Phi) is 3.29. The van der Waals surface area contributed by atoms with Crippen LogP contribution in [0.4, 0.5) is 0 Å². The first kappa shape index (κ1) is 11.2. The number of benzene rings is 1. The molecule has 1 N–H and O–H groups in total. The molecule has 1 aromatic carbocycles. The van der Waals surface area contributed by atoms with Crippen LogP contribution in [0.5, 0.6) is 0 Å². The first-order chi connectivity index (χ1) is 6.46. The van der Waals surface area contributed by atoms with E-state index >= 15 is 0 Å². The quantitative estimate of drug-likeness (QED) is 0.794. The molecule has 2 heteroatoms. The number of hydrogen-bond donors (Lipinski definition) is 1. The third-order valence-electron chi connectivity index (χ3n) is 2.94. The SMILES string of the molecule is CN(C)C(C)(C)C(O)c1ccccc1. The Labute approximate surface area is 86.2 Å². The Hall–Kier alpha value is -0.860. The molecule has 1 atom stereocenters. The second-order valence-corrected chi connectivity index (χ2v) is 4.36. The number of rotatable bonds is 3. The summed E-state index contributed by atoms with van der Waals surface area (Å²) in [5.41, 5.74) is 0.715. The molecule has 0 radical (unpaired) electrons. The van der Waals surface area contributed by atoms with Crippen molar-refractivity contribution < 1.29 is 5.11 Å². The molecule has 0 aliphatic heterocycles. The van der Waals surface area contributed by atoms with E-state index in [1.54, 1.807) is 0 Å². The monoisotopic (exact) mass is 193 g/mol. The summed E-state index contributed by atoms with van der Waals surface area (Å²) in [6.07, 6.45) is -0.460. The molecule has 0 bridgehead atoms. The molecule has 2 nitrogen and oxygen atoms in total. The predicted octanol–water partition coefficient (Wildman–Crippen LogP) is 2.06. The van der Waals surface area contributed by atoms with E-state index in [9.17, 15) is 5.11 Å². The average Bonchev–Trinajstić information content (AvgIpc) is 2.17. The lowest BCUT2D eigenvalue weighted by Gasteiger charge is -2.37. The highest BCUT2D eigenvalue weighted by atomic mass is 16.3. The fraction of sp³-hybridized carbons (Fsp3) is 0.500. The lowest BCUT2D eigenvalue weighted by molar-refractivity contribution is 0.0164.